The summed E-state index contributed by atoms with van der Waals surface area (Å²) < 4.78 is 37.4. The Kier molecular flexibility index (Phi) is 9.54. The molecule has 0 atom stereocenters. The van der Waals surface area contributed by atoms with Crippen LogP contribution in [0.1, 0.15) is 22.3 Å². The van der Waals surface area contributed by atoms with Gasteiger partial charge in [0.15, 0.2) is 0 Å². The maximum atomic E-state index is 12.5. The molecule has 1 saturated heterocycles. The number of benzene rings is 1. The van der Waals surface area contributed by atoms with E-state index in [1.165, 1.54) is 0 Å². The quantitative estimate of drug-likeness (QED) is 0.594. The van der Waals surface area contributed by atoms with Crippen LogP contribution in [0.5, 0.6) is 0 Å². The summed E-state index contributed by atoms with van der Waals surface area (Å²) in [5.41, 5.74) is -0.749. The van der Waals surface area contributed by atoms with Crippen molar-refractivity contribution >= 4 is 24.2 Å². The molecule has 152 valence electrons. The summed E-state index contributed by atoms with van der Waals surface area (Å²) in [4.78, 5) is 25.9. The highest BCUT2D eigenvalue weighted by Crippen LogP contribution is 2.28. The van der Waals surface area contributed by atoms with E-state index in [4.69, 9.17) is 0 Å². The van der Waals surface area contributed by atoms with Gasteiger partial charge in [-0.3, -0.25) is 9.59 Å². The molecule has 2 rings (SSSR count). The first kappa shape index (κ1) is 23.2. The number of carbonyl (C=O) groups excluding carboxylic acids is 2. The molecule has 10 heteroatoms. The molecule has 0 spiro atoms. The van der Waals surface area contributed by atoms with Crippen molar-refractivity contribution < 1.29 is 22.8 Å². The smallest absolute Gasteiger partial charge is 0.355 e. The van der Waals surface area contributed by atoms with Crippen molar-refractivity contribution in [3.63, 3.8) is 0 Å². The Bertz CT molecular complexity index is 605. The molecule has 1 aliphatic heterocycles. The largest absolute Gasteiger partial charge is 0.416 e. The summed E-state index contributed by atoms with van der Waals surface area (Å²) >= 11 is 0. The molecule has 1 fully saturated rings. The summed E-state index contributed by atoms with van der Waals surface area (Å²) in [5, 5.41) is 8.38. The Balaban J connectivity index is 0.00000364. The first-order valence-corrected chi connectivity index (χ1v) is 8.51. The van der Waals surface area contributed by atoms with Crippen LogP contribution < -0.4 is 16.0 Å². The molecular weight excluding hydrogens is 385 g/mol. The molecule has 27 heavy (non-hydrogen) atoms. The van der Waals surface area contributed by atoms with Gasteiger partial charge < -0.3 is 20.9 Å². The van der Waals surface area contributed by atoms with Crippen LogP contribution in [0.25, 0.3) is 0 Å². The van der Waals surface area contributed by atoms with Crippen LogP contribution >= 0.6 is 12.4 Å². The van der Waals surface area contributed by atoms with Crippen molar-refractivity contribution in [2.45, 2.75) is 12.6 Å². The molecule has 0 aliphatic carbocycles. The minimum Gasteiger partial charge on any atom is -0.355 e. The van der Waals surface area contributed by atoms with Crippen molar-refractivity contribution in [3.05, 3.63) is 35.4 Å². The molecule has 0 unspecified atom stereocenters. The van der Waals surface area contributed by atoms with Crippen molar-refractivity contribution in [2.75, 3.05) is 45.8 Å². The van der Waals surface area contributed by atoms with E-state index >= 15 is 0 Å². The molecule has 1 aromatic carbocycles. The first-order chi connectivity index (χ1) is 12.4. The molecule has 6 nitrogen and oxygen atoms in total. The molecule has 2 amide bonds. The Labute approximate surface area is 162 Å². The van der Waals surface area contributed by atoms with Crippen LogP contribution in [0.4, 0.5) is 13.2 Å². The lowest BCUT2D eigenvalue weighted by atomic mass is 10.1. The lowest BCUT2D eigenvalue weighted by Crippen LogP contribution is -2.44. The van der Waals surface area contributed by atoms with E-state index in [2.05, 4.69) is 20.9 Å². The molecule has 1 heterocycles. The Morgan fingerprint density at radius 2 is 1.70 bits per heavy atom. The molecule has 1 aliphatic rings. The third-order valence-electron chi connectivity index (χ3n) is 4.07. The van der Waals surface area contributed by atoms with Crippen LogP contribution in [-0.4, -0.2) is 62.5 Å². The fraction of sp³-hybridized carbons (Fsp3) is 0.529. The number of hydrogen-bond acceptors (Lipinski definition) is 4. The van der Waals surface area contributed by atoms with Gasteiger partial charge in [-0.25, -0.2) is 0 Å². The van der Waals surface area contributed by atoms with E-state index in [1.807, 2.05) is 0 Å². The van der Waals surface area contributed by atoms with Crippen molar-refractivity contribution in [1.82, 2.24) is 20.9 Å². The number of rotatable bonds is 7. The monoisotopic (exact) mass is 408 g/mol. The third-order valence-corrected chi connectivity index (χ3v) is 4.07. The maximum Gasteiger partial charge on any atom is 0.416 e. The van der Waals surface area contributed by atoms with E-state index in [-0.39, 0.29) is 30.4 Å². The number of alkyl halides is 3. The standard InChI is InChI=1S/C17H23F3N4O2.ClH/c18-17(19,20)14-4-2-13(3-5-14)16(26)23-12-15(25)22-6-1-9-24-10-7-21-8-11-24;/h2-5,21H,1,6-12H2,(H,22,25)(H,23,26);1H. The normalized spacial score (nSPS) is 14.9. The second-order valence-electron chi connectivity index (χ2n) is 6.05. The number of piperazine rings is 1. The lowest BCUT2D eigenvalue weighted by Gasteiger charge is -2.27. The molecule has 0 bridgehead atoms. The highest BCUT2D eigenvalue weighted by molar-refractivity contribution is 5.96. The molecule has 0 saturated carbocycles. The summed E-state index contributed by atoms with van der Waals surface area (Å²) in [6.45, 7) is 5.14. The fourth-order valence-corrected chi connectivity index (χ4v) is 2.60. The van der Waals surface area contributed by atoms with Crippen molar-refractivity contribution in [3.8, 4) is 0 Å². The van der Waals surface area contributed by atoms with E-state index in [0.29, 0.717) is 6.54 Å². The number of amides is 2. The van der Waals surface area contributed by atoms with Gasteiger partial charge in [-0.05, 0) is 37.2 Å². The number of hydrogen-bond donors (Lipinski definition) is 3. The van der Waals surface area contributed by atoms with Gasteiger partial charge in [0, 0.05) is 38.3 Å². The highest BCUT2D eigenvalue weighted by atomic mass is 35.5. The first-order valence-electron chi connectivity index (χ1n) is 8.51. The Morgan fingerprint density at radius 3 is 2.30 bits per heavy atom. The fourth-order valence-electron chi connectivity index (χ4n) is 2.60. The SMILES string of the molecule is Cl.O=C(CNC(=O)c1ccc(C(F)(F)F)cc1)NCCCN1CCNCC1. The average molecular weight is 409 g/mol. The molecule has 1 aromatic rings. The minimum absolute atomic E-state index is 0. The van der Waals surface area contributed by atoms with Gasteiger partial charge >= 0.3 is 6.18 Å². The van der Waals surface area contributed by atoms with Gasteiger partial charge in [-0.15, -0.1) is 12.4 Å². The van der Waals surface area contributed by atoms with Crippen LogP contribution in [0.2, 0.25) is 0 Å². The molecule has 3 N–H and O–H groups in total. The summed E-state index contributed by atoms with van der Waals surface area (Å²) in [5.74, 6) is -0.916. The number of nitrogens with zero attached hydrogens (tertiary/aromatic N) is 1. The van der Waals surface area contributed by atoms with Gasteiger partial charge in [0.2, 0.25) is 5.91 Å². The Hall–Kier alpha value is -1.84. The predicted octanol–water partition coefficient (Wildman–Crippen LogP) is 1.27. The van der Waals surface area contributed by atoms with Crippen LogP contribution in [0, 0.1) is 0 Å². The molecule has 0 radical (unpaired) electrons. The minimum atomic E-state index is -4.44. The van der Waals surface area contributed by atoms with Gasteiger partial charge in [0.05, 0.1) is 12.1 Å². The Morgan fingerprint density at radius 1 is 1.07 bits per heavy atom. The third kappa shape index (κ3) is 8.15. The zero-order valence-electron chi connectivity index (χ0n) is 14.8. The van der Waals surface area contributed by atoms with Crippen molar-refractivity contribution in [2.24, 2.45) is 0 Å². The van der Waals surface area contributed by atoms with Crippen LogP contribution in [0.3, 0.4) is 0 Å². The predicted molar refractivity (Wildman–Crippen MR) is 98.0 cm³/mol. The average Bonchev–Trinajstić information content (AvgIpc) is 2.63. The number of carbonyl (C=O) groups is 2. The summed E-state index contributed by atoms with van der Waals surface area (Å²) in [6.07, 6.45) is -3.63. The van der Waals surface area contributed by atoms with E-state index < -0.39 is 17.6 Å². The van der Waals surface area contributed by atoms with Gasteiger partial charge in [-0.1, -0.05) is 0 Å². The highest BCUT2D eigenvalue weighted by Gasteiger charge is 2.30. The lowest BCUT2D eigenvalue weighted by molar-refractivity contribution is -0.137. The second-order valence-corrected chi connectivity index (χ2v) is 6.05. The van der Waals surface area contributed by atoms with Gasteiger partial charge in [0.1, 0.15) is 0 Å². The number of halogens is 4. The maximum absolute atomic E-state index is 12.5. The topological polar surface area (TPSA) is 73.5 Å². The zero-order valence-corrected chi connectivity index (χ0v) is 15.6. The second kappa shape index (κ2) is 11.1. The van der Waals surface area contributed by atoms with E-state index in [1.54, 1.807) is 0 Å². The van der Waals surface area contributed by atoms with E-state index in [0.717, 1.165) is 63.4 Å². The van der Waals surface area contributed by atoms with Crippen LogP contribution in [0.15, 0.2) is 24.3 Å². The van der Waals surface area contributed by atoms with E-state index in [9.17, 15) is 22.8 Å². The van der Waals surface area contributed by atoms with Gasteiger partial charge in [0.25, 0.3) is 5.91 Å². The van der Waals surface area contributed by atoms with Crippen molar-refractivity contribution in [1.29, 1.82) is 0 Å². The van der Waals surface area contributed by atoms with Crippen LogP contribution in [-0.2, 0) is 11.0 Å². The number of nitrogens with one attached hydrogen (secondary N) is 3. The molecule has 0 aromatic heterocycles. The zero-order chi connectivity index (χ0) is 19.0. The summed E-state index contributed by atoms with van der Waals surface area (Å²) in [7, 11) is 0. The van der Waals surface area contributed by atoms with Gasteiger partial charge in [-0.2, -0.15) is 13.2 Å². The molecular formula is C17H24ClF3N4O2. The summed E-state index contributed by atoms with van der Waals surface area (Å²) in [6, 6.07) is 3.85.